The average Bonchev–Trinajstić information content (AvgIpc) is 3.06. The largest absolute Gasteiger partial charge is 0.461 e. The predicted molar refractivity (Wildman–Crippen MR) is 121 cm³/mol. The maximum atomic E-state index is 12.9. The lowest BCUT2D eigenvalue weighted by atomic mass is 9.55. The van der Waals surface area contributed by atoms with Gasteiger partial charge in [0.15, 0.2) is 0 Å². The molecule has 1 aromatic rings. The number of nitrogens with one attached hydrogen (secondary N) is 1. The van der Waals surface area contributed by atoms with E-state index in [4.69, 9.17) is 4.74 Å². The quantitative estimate of drug-likeness (QED) is 0.575. The molecule has 1 aromatic carbocycles. The maximum Gasteiger partial charge on any atom is 0.315 e. The molecule has 5 nitrogen and oxygen atoms in total. The molecule has 5 heteroatoms. The van der Waals surface area contributed by atoms with E-state index in [2.05, 4.69) is 56.0 Å². The Labute approximate surface area is 186 Å². The van der Waals surface area contributed by atoms with Gasteiger partial charge in [0.05, 0.1) is 38.8 Å². The van der Waals surface area contributed by atoms with Crippen LogP contribution in [0, 0.1) is 30.1 Å². The maximum absolute atomic E-state index is 12.9. The van der Waals surface area contributed by atoms with E-state index in [0.29, 0.717) is 5.92 Å². The Balaban J connectivity index is 1.28. The summed E-state index contributed by atoms with van der Waals surface area (Å²) in [6.07, 6.45) is 4.64. The molecule has 168 valence electrons. The molecule has 2 N–H and O–H groups in total. The first-order valence-electron chi connectivity index (χ1n) is 12.1. The van der Waals surface area contributed by atoms with E-state index in [1.807, 2.05) is 0 Å². The number of rotatable bonds is 3. The second-order valence-electron chi connectivity index (χ2n) is 10.6. The van der Waals surface area contributed by atoms with Crippen LogP contribution in [-0.4, -0.2) is 56.0 Å². The molecule has 2 saturated heterocycles. The number of benzene rings is 1. The van der Waals surface area contributed by atoms with E-state index in [1.165, 1.54) is 21.7 Å². The van der Waals surface area contributed by atoms with Crippen LogP contribution >= 0.6 is 0 Å². The molecule has 2 aliphatic carbocycles. The first-order chi connectivity index (χ1) is 14.9. The zero-order chi connectivity index (χ0) is 21.8. The molecule has 2 aliphatic heterocycles. The number of aliphatic hydroxyl groups is 1. The molecular formula is C26H37N2O3+. The van der Waals surface area contributed by atoms with Gasteiger partial charge in [0.25, 0.3) is 0 Å². The van der Waals surface area contributed by atoms with E-state index in [1.54, 1.807) is 0 Å². The van der Waals surface area contributed by atoms with Crippen molar-refractivity contribution in [2.75, 3.05) is 37.6 Å². The highest BCUT2D eigenvalue weighted by Gasteiger charge is 2.60. The van der Waals surface area contributed by atoms with Gasteiger partial charge in [-0.15, -0.1) is 0 Å². The number of allylic oxidation sites excluding steroid dienone is 1. The zero-order valence-electron chi connectivity index (χ0n) is 19.1. The van der Waals surface area contributed by atoms with Gasteiger partial charge in [0.1, 0.15) is 12.0 Å². The van der Waals surface area contributed by atoms with Crippen molar-refractivity contribution in [3.05, 3.63) is 41.5 Å². The average molecular weight is 426 g/mol. The molecule has 6 atom stereocenters. The summed E-state index contributed by atoms with van der Waals surface area (Å²) in [5.74, 6) is 0.0914. The van der Waals surface area contributed by atoms with Crippen LogP contribution in [0.3, 0.4) is 0 Å². The molecule has 0 amide bonds. The highest BCUT2D eigenvalue weighted by atomic mass is 16.6. The fraction of sp³-hybridized carbons (Fsp3) is 0.654. The number of piperazine rings is 1. The summed E-state index contributed by atoms with van der Waals surface area (Å²) in [6, 6.07) is 8.70. The van der Waals surface area contributed by atoms with Crippen molar-refractivity contribution in [2.45, 2.75) is 52.2 Å². The van der Waals surface area contributed by atoms with Crippen LogP contribution in [0.4, 0.5) is 5.69 Å². The Bertz CT molecular complexity index is 875. The molecule has 0 spiro atoms. The number of anilines is 1. The van der Waals surface area contributed by atoms with Crippen LogP contribution in [-0.2, 0) is 9.53 Å². The lowest BCUT2D eigenvalue weighted by Gasteiger charge is -2.51. The van der Waals surface area contributed by atoms with Crippen molar-refractivity contribution >= 4 is 11.7 Å². The monoisotopic (exact) mass is 425 g/mol. The van der Waals surface area contributed by atoms with E-state index >= 15 is 0 Å². The van der Waals surface area contributed by atoms with Gasteiger partial charge in [-0.3, -0.25) is 4.79 Å². The molecular weight excluding hydrogens is 388 g/mol. The Morgan fingerprint density at radius 3 is 2.81 bits per heavy atom. The topological polar surface area (TPSA) is 54.2 Å². The molecule has 0 unspecified atom stereocenters. The Morgan fingerprint density at radius 2 is 2.06 bits per heavy atom. The number of nitrogens with zero attached hydrogens (tertiary/aromatic N) is 1. The number of esters is 1. The van der Waals surface area contributed by atoms with Gasteiger partial charge in [-0.25, -0.2) is 0 Å². The second kappa shape index (κ2) is 7.93. The van der Waals surface area contributed by atoms with Crippen LogP contribution in [0.15, 0.2) is 35.9 Å². The molecule has 1 saturated carbocycles. The minimum atomic E-state index is -0.503. The molecule has 31 heavy (non-hydrogen) atoms. The number of carbonyl (C=O) groups is 1. The highest BCUT2D eigenvalue weighted by molar-refractivity contribution is 5.76. The first kappa shape index (κ1) is 21.0. The molecule has 0 bridgehead atoms. The summed E-state index contributed by atoms with van der Waals surface area (Å²) >= 11 is 0. The predicted octanol–water partition coefficient (Wildman–Crippen LogP) is 1.98. The molecule has 4 aliphatic rings. The second-order valence-corrected chi connectivity index (χ2v) is 10.6. The molecule has 2 heterocycles. The minimum absolute atomic E-state index is 0.0718. The van der Waals surface area contributed by atoms with Gasteiger partial charge >= 0.3 is 5.97 Å². The number of ether oxygens (including phenoxy) is 1. The van der Waals surface area contributed by atoms with Gasteiger partial charge in [0, 0.05) is 23.4 Å². The fourth-order valence-electron chi connectivity index (χ4n) is 6.72. The number of carbonyl (C=O) groups excluding carboxylic acids is 1. The number of hydrogen-bond acceptors (Lipinski definition) is 4. The number of fused-ring (bicyclic) bond motifs is 2. The van der Waals surface area contributed by atoms with Crippen LogP contribution in [0.25, 0.3) is 0 Å². The Kier molecular flexibility index (Phi) is 5.38. The van der Waals surface area contributed by atoms with E-state index < -0.39 is 6.10 Å². The third-order valence-electron chi connectivity index (χ3n) is 8.92. The summed E-state index contributed by atoms with van der Waals surface area (Å²) in [6.45, 7) is 11.4. The van der Waals surface area contributed by atoms with Crippen molar-refractivity contribution < 1.29 is 19.5 Å². The highest BCUT2D eigenvalue weighted by Crippen LogP contribution is 2.55. The van der Waals surface area contributed by atoms with Gasteiger partial charge in [-0.05, 0) is 43.4 Å². The van der Waals surface area contributed by atoms with Gasteiger partial charge in [0.2, 0.25) is 0 Å². The summed E-state index contributed by atoms with van der Waals surface area (Å²) in [7, 11) is 0. The third kappa shape index (κ3) is 3.50. The number of quaternary nitrogens is 1. The number of aryl methyl sites for hydroxylation is 1. The smallest absolute Gasteiger partial charge is 0.315 e. The van der Waals surface area contributed by atoms with Gasteiger partial charge in [-0.2, -0.15) is 0 Å². The fourth-order valence-corrected chi connectivity index (χ4v) is 6.72. The lowest BCUT2D eigenvalue weighted by Crippen LogP contribution is -3.15. The molecule has 5 rings (SSSR count). The Morgan fingerprint density at radius 1 is 1.29 bits per heavy atom. The summed E-state index contributed by atoms with van der Waals surface area (Å²) in [5, 5.41) is 11.5. The van der Waals surface area contributed by atoms with Crippen molar-refractivity contribution in [1.82, 2.24) is 0 Å². The molecule has 0 aromatic heterocycles. The molecule has 0 radical (unpaired) electrons. The van der Waals surface area contributed by atoms with Crippen LogP contribution < -0.4 is 9.80 Å². The summed E-state index contributed by atoms with van der Waals surface area (Å²) in [5.41, 5.74) is 3.68. The first-order valence-corrected chi connectivity index (χ1v) is 12.1. The van der Waals surface area contributed by atoms with Crippen molar-refractivity contribution in [1.29, 1.82) is 0 Å². The van der Waals surface area contributed by atoms with E-state index in [9.17, 15) is 9.90 Å². The van der Waals surface area contributed by atoms with Crippen LogP contribution in [0.5, 0.6) is 0 Å². The van der Waals surface area contributed by atoms with E-state index in [-0.39, 0.29) is 29.3 Å². The lowest BCUT2D eigenvalue weighted by molar-refractivity contribution is -0.903. The third-order valence-corrected chi connectivity index (χ3v) is 8.92. The molecule has 3 fully saturated rings. The Hall–Kier alpha value is -1.85. The minimum Gasteiger partial charge on any atom is -0.461 e. The standard InChI is InChI=1S/C26H36N2O3/c1-17-6-4-9-20(14-17)28-12-10-27(11-13-28)16-21-23-22(31-25(21)30)15-19-8-5-7-18(2)26(19,3)24(23)29/h4,6,8-9,14,18,21-24,29H,5,7,10-13,15-16H2,1-3H3/p+1/t18-,21+,22+,23-,24-,26+/m1/s1. The van der Waals surface area contributed by atoms with Crippen molar-refractivity contribution in [2.24, 2.45) is 23.2 Å². The van der Waals surface area contributed by atoms with Crippen LogP contribution in [0.1, 0.15) is 38.7 Å². The summed E-state index contributed by atoms with van der Waals surface area (Å²) < 4.78 is 5.86. The number of aliphatic hydroxyl groups excluding tert-OH is 1. The van der Waals surface area contributed by atoms with Crippen molar-refractivity contribution in [3.8, 4) is 0 Å². The SMILES string of the molecule is Cc1cccc(N2CC[NH+](C[C@@H]3C(=O)O[C@H]4CC5=CCC[C@@H](C)[C@]5(C)[C@H](O)[C@@H]43)CC2)c1. The summed E-state index contributed by atoms with van der Waals surface area (Å²) in [4.78, 5) is 16.8. The van der Waals surface area contributed by atoms with Gasteiger partial charge < -0.3 is 19.6 Å². The van der Waals surface area contributed by atoms with E-state index in [0.717, 1.165) is 52.0 Å². The normalized spacial score (nSPS) is 38.3. The van der Waals surface area contributed by atoms with Crippen LogP contribution in [0.2, 0.25) is 0 Å². The van der Waals surface area contributed by atoms with Crippen molar-refractivity contribution in [3.63, 3.8) is 0 Å². The number of hydrogen-bond donors (Lipinski definition) is 2. The zero-order valence-corrected chi connectivity index (χ0v) is 19.1. The van der Waals surface area contributed by atoms with Gasteiger partial charge in [-0.1, -0.05) is 37.6 Å².